The van der Waals surface area contributed by atoms with Crippen LogP contribution in [0.3, 0.4) is 0 Å². The van der Waals surface area contributed by atoms with Gasteiger partial charge in [-0.2, -0.15) is 0 Å². The minimum Gasteiger partial charge on any atom is -0.361 e. The molecule has 1 amide bonds. The van der Waals surface area contributed by atoms with Gasteiger partial charge in [0.2, 0.25) is 0 Å². The van der Waals surface area contributed by atoms with Gasteiger partial charge in [0.1, 0.15) is 6.73 Å². The Labute approximate surface area is 122 Å². The highest BCUT2D eigenvalue weighted by atomic mass is 28.3. The van der Waals surface area contributed by atoms with Crippen LogP contribution in [0, 0.1) is 6.92 Å². The van der Waals surface area contributed by atoms with Gasteiger partial charge in [0.05, 0.1) is 5.56 Å². The standard InChI is InChI=1S/C15H26N2O2Si/c1-11-8-13-9-17(10-19-6-7-20(3,4)5)12(2)14(13)15(18)16-11/h9,11H,6-8,10H2,1-5H3,(H,16,18). The molecule has 1 aliphatic rings. The van der Waals surface area contributed by atoms with Crippen LogP contribution in [0.5, 0.6) is 0 Å². The lowest BCUT2D eigenvalue weighted by Crippen LogP contribution is -2.38. The Bertz CT molecular complexity index is 503. The summed E-state index contributed by atoms with van der Waals surface area (Å²) in [6, 6.07) is 1.39. The van der Waals surface area contributed by atoms with Crippen molar-refractivity contribution in [3.63, 3.8) is 0 Å². The number of carbonyl (C=O) groups excluding carboxylic acids is 1. The molecule has 1 unspecified atom stereocenters. The van der Waals surface area contributed by atoms with E-state index in [4.69, 9.17) is 4.74 Å². The topological polar surface area (TPSA) is 43.3 Å². The maximum atomic E-state index is 12.0. The number of nitrogens with zero attached hydrogens (tertiary/aromatic N) is 1. The second-order valence-electron chi connectivity index (χ2n) is 7.01. The minimum atomic E-state index is -1.04. The van der Waals surface area contributed by atoms with E-state index in [9.17, 15) is 4.79 Å². The summed E-state index contributed by atoms with van der Waals surface area (Å²) >= 11 is 0. The van der Waals surface area contributed by atoms with Crippen LogP contribution in [0.2, 0.25) is 25.7 Å². The zero-order valence-electron chi connectivity index (χ0n) is 13.2. The van der Waals surface area contributed by atoms with Gasteiger partial charge in [-0.1, -0.05) is 19.6 Å². The normalized spacial score (nSPS) is 18.9. The summed E-state index contributed by atoms with van der Waals surface area (Å²) in [5.41, 5.74) is 3.00. The summed E-state index contributed by atoms with van der Waals surface area (Å²) in [5.74, 6) is 0.0529. The Morgan fingerprint density at radius 2 is 2.15 bits per heavy atom. The van der Waals surface area contributed by atoms with Gasteiger partial charge in [-0.25, -0.2) is 0 Å². The summed E-state index contributed by atoms with van der Waals surface area (Å²) in [6.45, 7) is 12.4. The van der Waals surface area contributed by atoms with E-state index in [1.54, 1.807) is 0 Å². The minimum absolute atomic E-state index is 0.0529. The van der Waals surface area contributed by atoms with Crippen LogP contribution >= 0.6 is 0 Å². The Morgan fingerprint density at radius 3 is 2.80 bits per heavy atom. The van der Waals surface area contributed by atoms with E-state index < -0.39 is 8.07 Å². The summed E-state index contributed by atoms with van der Waals surface area (Å²) in [5, 5.41) is 2.99. The molecule has 0 spiro atoms. The first kappa shape index (κ1) is 15.3. The highest BCUT2D eigenvalue weighted by molar-refractivity contribution is 6.76. The van der Waals surface area contributed by atoms with Gasteiger partial charge < -0.3 is 14.6 Å². The Morgan fingerprint density at radius 1 is 1.45 bits per heavy atom. The van der Waals surface area contributed by atoms with Crippen LogP contribution in [-0.4, -0.2) is 31.2 Å². The Kier molecular flexibility index (Phi) is 4.39. The van der Waals surface area contributed by atoms with E-state index in [1.807, 2.05) is 13.8 Å². The second kappa shape index (κ2) is 5.74. The summed E-state index contributed by atoms with van der Waals surface area (Å²) < 4.78 is 7.84. The van der Waals surface area contributed by atoms with E-state index >= 15 is 0 Å². The lowest BCUT2D eigenvalue weighted by atomic mass is 9.99. The molecule has 0 aromatic carbocycles. The molecular weight excluding hydrogens is 268 g/mol. The molecule has 5 heteroatoms. The van der Waals surface area contributed by atoms with E-state index in [-0.39, 0.29) is 11.9 Å². The maximum absolute atomic E-state index is 12.0. The van der Waals surface area contributed by atoms with Gasteiger partial charge in [0.15, 0.2) is 0 Å². The van der Waals surface area contributed by atoms with Crippen molar-refractivity contribution < 1.29 is 9.53 Å². The highest BCUT2D eigenvalue weighted by Gasteiger charge is 2.26. The van der Waals surface area contributed by atoms with Crippen molar-refractivity contribution in [1.29, 1.82) is 0 Å². The quantitative estimate of drug-likeness (QED) is 0.670. The fourth-order valence-corrected chi connectivity index (χ4v) is 3.30. The molecule has 1 N–H and O–H groups in total. The van der Waals surface area contributed by atoms with E-state index in [0.29, 0.717) is 6.73 Å². The first-order valence-electron chi connectivity index (χ1n) is 7.35. The number of hydrogen-bond acceptors (Lipinski definition) is 2. The maximum Gasteiger partial charge on any atom is 0.253 e. The number of amides is 1. The lowest BCUT2D eigenvalue weighted by molar-refractivity contribution is 0.0857. The number of fused-ring (bicyclic) bond motifs is 1. The van der Waals surface area contributed by atoms with Crippen molar-refractivity contribution in [2.75, 3.05) is 6.61 Å². The van der Waals surface area contributed by atoms with Gasteiger partial charge >= 0.3 is 0 Å². The molecule has 1 atom stereocenters. The molecule has 1 aromatic heterocycles. The number of nitrogens with one attached hydrogen (secondary N) is 1. The SMILES string of the molecule is Cc1c2c(cn1COCC[Si](C)(C)C)CC(C)NC2=O. The average Bonchev–Trinajstić information content (AvgIpc) is 2.60. The number of aromatic nitrogens is 1. The largest absolute Gasteiger partial charge is 0.361 e. The molecule has 1 aliphatic heterocycles. The zero-order valence-corrected chi connectivity index (χ0v) is 14.2. The summed E-state index contributed by atoms with van der Waals surface area (Å²) in [4.78, 5) is 12.0. The van der Waals surface area contributed by atoms with Crippen molar-refractivity contribution in [2.24, 2.45) is 0 Å². The third kappa shape index (κ3) is 3.52. The first-order chi connectivity index (χ1) is 9.28. The molecule has 0 aliphatic carbocycles. The number of carbonyl (C=O) groups is 1. The van der Waals surface area contributed by atoms with E-state index in [1.165, 1.54) is 6.04 Å². The molecule has 4 nitrogen and oxygen atoms in total. The molecule has 2 rings (SSSR count). The average molecular weight is 294 g/mol. The first-order valence-corrected chi connectivity index (χ1v) is 11.1. The molecule has 20 heavy (non-hydrogen) atoms. The van der Waals surface area contributed by atoms with Crippen LogP contribution in [-0.2, 0) is 17.9 Å². The van der Waals surface area contributed by atoms with Crippen LogP contribution in [0.15, 0.2) is 6.20 Å². The third-order valence-corrected chi connectivity index (χ3v) is 5.49. The van der Waals surface area contributed by atoms with Crippen LogP contribution in [0.25, 0.3) is 0 Å². The molecular formula is C15H26N2O2Si. The molecule has 0 radical (unpaired) electrons. The van der Waals surface area contributed by atoms with Gasteiger partial charge in [-0.3, -0.25) is 4.79 Å². The van der Waals surface area contributed by atoms with Gasteiger partial charge in [-0.15, -0.1) is 0 Å². The fourth-order valence-electron chi connectivity index (χ4n) is 2.54. The van der Waals surface area contributed by atoms with E-state index in [2.05, 4.69) is 35.7 Å². The monoisotopic (exact) mass is 294 g/mol. The van der Waals surface area contributed by atoms with Crippen LogP contribution in [0.4, 0.5) is 0 Å². The molecule has 112 valence electrons. The molecule has 0 saturated carbocycles. The fraction of sp³-hybridized carbons (Fsp3) is 0.667. The van der Waals surface area contributed by atoms with Gasteiger partial charge in [0.25, 0.3) is 5.91 Å². The molecule has 2 heterocycles. The predicted molar refractivity (Wildman–Crippen MR) is 83.9 cm³/mol. The molecule has 0 saturated heterocycles. The Balaban J connectivity index is 2.00. The number of rotatable bonds is 5. The Hall–Kier alpha value is -1.07. The highest BCUT2D eigenvalue weighted by Crippen LogP contribution is 2.22. The van der Waals surface area contributed by atoms with Crippen molar-refractivity contribution in [3.8, 4) is 0 Å². The predicted octanol–water partition coefficient (Wildman–Crippen LogP) is 2.78. The smallest absolute Gasteiger partial charge is 0.253 e. The van der Waals surface area contributed by atoms with Crippen molar-refractivity contribution in [2.45, 2.75) is 58.7 Å². The van der Waals surface area contributed by atoms with Gasteiger partial charge in [-0.05, 0) is 31.9 Å². The molecule has 0 bridgehead atoms. The van der Waals surface area contributed by atoms with Crippen molar-refractivity contribution in [1.82, 2.24) is 9.88 Å². The summed E-state index contributed by atoms with van der Waals surface area (Å²) in [7, 11) is -1.04. The second-order valence-corrected chi connectivity index (χ2v) is 12.6. The zero-order chi connectivity index (χ0) is 14.9. The molecule has 0 fully saturated rings. The summed E-state index contributed by atoms with van der Waals surface area (Å²) in [6.07, 6.45) is 2.98. The van der Waals surface area contributed by atoms with Crippen molar-refractivity contribution in [3.05, 3.63) is 23.0 Å². The number of hydrogen-bond donors (Lipinski definition) is 1. The lowest BCUT2D eigenvalue weighted by Gasteiger charge is -2.19. The third-order valence-electron chi connectivity index (χ3n) is 3.78. The molecule has 1 aromatic rings. The van der Waals surface area contributed by atoms with Crippen molar-refractivity contribution >= 4 is 14.0 Å². The number of ether oxygens (including phenoxy) is 1. The van der Waals surface area contributed by atoms with Gasteiger partial charge in [0, 0.05) is 32.6 Å². The van der Waals surface area contributed by atoms with Crippen LogP contribution in [0.1, 0.15) is 28.5 Å². The van der Waals surface area contributed by atoms with E-state index in [0.717, 1.165) is 29.8 Å². The van der Waals surface area contributed by atoms with Crippen LogP contribution < -0.4 is 5.32 Å².